The van der Waals surface area contributed by atoms with Crippen molar-refractivity contribution in [2.24, 2.45) is 0 Å². The van der Waals surface area contributed by atoms with Crippen LogP contribution in [0.5, 0.6) is 0 Å². The van der Waals surface area contributed by atoms with Gasteiger partial charge in [-0.05, 0) is 110 Å². The molecule has 0 aliphatic heterocycles. The molecule has 5 heteroatoms. The van der Waals surface area contributed by atoms with E-state index >= 15 is 0 Å². The zero-order valence-electron chi connectivity index (χ0n) is 36.6. The zero-order chi connectivity index (χ0) is 44.5. The van der Waals surface area contributed by atoms with Crippen LogP contribution in [-0.4, -0.2) is 19.3 Å². The SMILES string of the molecule is c1ccc(-n2c3ccccc3c3ccc4c(c5ccccc5n4-c4ccc(-c5nnc(-c6ccc(-c7cccc8c7-c7ccccc7C87c8ccccc8-c8ccccc87)cc6)s5)cc4)c32)cc1. The number of nitrogens with zero attached hydrogens (tertiary/aromatic N) is 4. The standard InChI is InChI=1S/C63H38N4S/c1-2-15-42(16-3-1)67-55-27-12-7-19-47(55)48-37-38-57-59(60(48)67)50-21-8-13-28-56(50)66(57)43-35-33-41(34-36-43)62-65-64-61(68-62)40-31-29-39(30-32-40)44-22-14-26-54-58(44)49-20-6-11-25-53(49)63(54)51-23-9-4-17-45(51)46-18-5-10-24-52(46)63/h1-38H. The lowest BCUT2D eigenvalue weighted by Crippen LogP contribution is -2.25. The third-order valence-electron chi connectivity index (χ3n) is 14.7. The Bertz CT molecular complexity index is 4150. The maximum atomic E-state index is 4.74. The molecular formula is C63H38N4S. The van der Waals surface area contributed by atoms with Gasteiger partial charge in [-0.3, -0.25) is 0 Å². The van der Waals surface area contributed by atoms with Crippen LogP contribution in [0.1, 0.15) is 22.3 Å². The minimum Gasteiger partial charge on any atom is -0.309 e. The first-order valence-corrected chi connectivity index (χ1v) is 24.1. The van der Waals surface area contributed by atoms with E-state index in [2.05, 4.69) is 240 Å². The largest absolute Gasteiger partial charge is 0.309 e. The summed E-state index contributed by atoms with van der Waals surface area (Å²) in [4.78, 5) is 0. The Hall–Kier alpha value is -8.64. The highest BCUT2D eigenvalue weighted by molar-refractivity contribution is 7.17. The van der Waals surface area contributed by atoms with E-state index in [0.717, 1.165) is 32.5 Å². The van der Waals surface area contributed by atoms with Crippen LogP contribution in [0.15, 0.2) is 231 Å². The molecule has 0 fully saturated rings. The van der Waals surface area contributed by atoms with Gasteiger partial charge < -0.3 is 9.13 Å². The smallest absolute Gasteiger partial charge is 0.148 e. The lowest BCUT2D eigenvalue weighted by atomic mass is 9.70. The molecule has 1 spiro atoms. The summed E-state index contributed by atoms with van der Waals surface area (Å²) >= 11 is 1.63. The molecule has 0 atom stereocenters. The molecule has 15 rings (SSSR count). The third-order valence-corrected chi connectivity index (χ3v) is 15.8. The molecule has 10 aromatic carbocycles. The van der Waals surface area contributed by atoms with E-state index in [1.54, 1.807) is 11.3 Å². The first-order chi connectivity index (χ1) is 33.8. The normalized spacial score (nSPS) is 13.1. The van der Waals surface area contributed by atoms with E-state index in [1.165, 1.54) is 99.2 Å². The first kappa shape index (κ1) is 37.6. The molecular weight excluding hydrogens is 845 g/mol. The molecule has 2 aliphatic carbocycles. The number of rotatable bonds is 5. The van der Waals surface area contributed by atoms with Gasteiger partial charge in [-0.15, -0.1) is 10.2 Å². The van der Waals surface area contributed by atoms with Gasteiger partial charge in [0.25, 0.3) is 0 Å². The maximum absolute atomic E-state index is 4.74. The van der Waals surface area contributed by atoms with Crippen molar-refractivity contribution in [3.63, 3.8) is 0 Å². The van der Waals surface area contributed by atoms with E-state index in [9.17, 15) is 0 Å². The second kappa shape index (κ2) is 14.2. The summed E-state index contributed by atoms with van der Waals surface area (Å²) < 4.78 is 4.84. The Morgan fingerprint density at radius 3 is 1.51 bits per heavy atom. The lowest BCUT2D eigenvalue weighted by molar-refractivity contribution is 0.794. The van der Waals surface area contributed by atoms with E-state index in [1.807, 2.05) is 0 Å². The molecule has 3 heterocycles. The summed E-state index contributed by atoms with van der Waals surface area (Å²) in [6.07, 6.45) is 0. The average molecular weight is 883 g/mol. The lowest BCUT2D eigenvalue weighted by Gasteiger charge is -2.30. The number of benzene rings is 10. The number of aromatic nitrogens is 4. The molecule has 4 nitrogen and oxygen atoms in total. The fourth-order valence-corrected chi connectivity index (χ4v) is 12.9. The van der Waals surface area contributed by atoms with Gasteiger partial charge in [0, 0.05) is 44.0 Å². The van der Waals surface area contributed by atoms with Crippen molar-refractivity contribution in [3.8, 4) is 65.9 Å². The molecule has 0 unspecified atom stereocenters. The second-order valence-electron chi connectivity index (χ2n) is 18.0. The summed E-state index contributed by atoms with van der Waals surface area (Å²) in [5.41, 5.74) is 21.9. The van der Waals surface area contributed by atoms with Crippen LogP contribution in [0, 0.1) is 0 Å². The fraction of sp³-hybridized carbons (Fsp3) is 0.0159. The highest BCUT2D eigenvalue weighted by atomic mass is 32.1. The molecule has 68 heavy (non-hydrogen) atoms. The Labute approximate surface area is 396 Å². The van der Waals surface area contributed by atoms with Crippen LogP contribution in [-0.2, 0) is 5.41 Å². The molecule has 0 radical (unpaired) electrons. The number of hydrogen-bond acceptors (Lipinski definition) is 3. The van der Waals surface area contributed by atoms with E-state index in [0.29, 0.717) is 0 Å². The summed E-state index contributed by atoms with van der Waals surface area (Å²) in [6.45, 7) is 0. The summed E-state index contributed by atoms with van der Waals surface area (Å²) in [7, 11) is 0. The van der Waals surface area contributed by atoms with Crippen LogP contribution in [0.3, 0.4) is 0 Å². The summed E-state index contributed by atoms with van der Waals surface area (Å²) in [5.74, 6) is 0. The quantitative estimate of drug-likeness (QED) is 0.173. The van der Waals surface area contributed by atoms with Gasteiger partial charge in [-0.25, -0.2) is 0 Å². The molecule has 3 aromatic heterocycles. The Kier molecular flexibility index (Phi) is 7.83. The van der Waals surface area contributed by atoms with Crippen molar-refractivity contribution in [1.29, 1.82) is 0 Å². The van der Waals surface area contributed by atoms with Gasteiger partial charge >= 0.3 is 0 Å². The molecule has 13 aromatic rings. The highest BCUT2D eigenvalue weighted by Gasteiger charge is 2.52. The van der Waals surface area contributed by atoms with Gasteiger partial charge in [-0.1, -0.05) is 187 Å². The molecule has 0 saturated heterocycles. The molecule has 0 bridgehead atoms. The number of hydrogen-bond donors (Lipinski definition) is 0. The number of fused-ring (bicyclic) bond motifs is 17. The van der Waals surface area contributed by atoms with Gasteiger partial charge in [-0.2, -0.15) is 0 Å². The van der Waals surface area contributed by atoms with Crippen molar-refractivity contribution < 1.29 is 0 Å². The summed E-state index contributed by atoms with van der Waals surface area (Å²) in [5, 5.41) is 16.3. The van der Waals surface area contributed by atoms with Crippen LogP contribution in [0.4, 0.5) is 0 Å². The Morgan fingerprint density at radius 1 is 0.324 bits per heavy atom. The zero-order valence-corrected chi connectivity index (χ0v) is 37.5. The van der Waals surface area contributed by atoms with Crippen LogP contribution in [0.25, 0.3) is 110 Å². The minimum absolute atomic E-state index is 0.364. The Balaban J connectivity index is 0.785. The van der Waals surface area contributed by atoms with E-state index in [-0.39, 0.29) is 5.41 Å². The maximum Gasteiger partial charge on any atom is 0.148 e. The molecule has 2 aliphatic rings. The minimum atomic E-state index is -0.364. The number of para-hydroxylation sites is 3. The Morgan fingerprint density at radius 2 is 0.824 bits per heavy atom. The molecule has 316 valence electrons. The fourth-order valence-electron chi connectivity index (χ4n) is 12.0. The van der Waals surface area contributed by atoms with E-state index in [4.69, 9.17) is 10.2 Å². The topological polar surface area (TPSA) is 35.6 Å². The van der Waals surface area contributed by atoms with Gasteiger partial charge in [0.15, 0.2) is 0 Å². The van der Waals surface area contributed by atoms with Crippen molar-refractivity contribution in [2.75, 3.05) is 0 Å². The monoisotopic (exact) mass is 882 g/mol. The van der Waals surface area contributed by atoms with E-state index < -0.39 is 0 Å². The van der Waals surface area contributed by atoms with Gasteiger partial charge in [0.2, 0.25) is 0 Å². The van der Waals surface area contributed by atoms with Gasteiger partial charge in [0.05, 0.1) is 27.5 Å². The van der Waals surface area contributed by atoms with Crippen LogP contribution in [0.2, 0.25) is 0 Å². The third kappa shape index (κ3) is 5.03. The van der Waals surface area contributed by atoms with Crippen LogP contribution >= 0.6 is 11.3 Å². The van der Waals surface area contributed by atoms with Crippen molar-refractivity contribution >= 4 is 54.9 Å². The predicted molar refractivity (Wildman–Crippen MR) is 281 cm³/mol. The first-order valence-electron chi connectivity index (χ1n) is 23.2. The van der Waals surface area contributed by atoms with Crippen LogP contribution < -0.4 is 0 Å². The van der Waals surface area contributed by atoms with Gasteiger partial charge in [0.1, 0.15) is 10.0 Å². The second-order valence-corrected chi connectivity index (χ2v) is 19.0. The molecule has 0 amide bonds. The van der Waals surface area contributed by atoms with Crippen molar-refractivity contribution in [1.82, 2.24) is 19.3 Å². The highest BCUT2D eigenvalue weighted by Crippen LogP contribution is 2.64. The van der Waals surface area contributed by atoms with Crippen molar-refractivity contribution in [2.45, 2.75) is 5.41 Å². The van der Waals surface area contributed by atoms with Crippen molar-refractivity contribution in [3.05, 3.63) is 253 Å². The summed E-state index contributed by atoms with van der Waals surface area (Å²) in [6, 6.07) is 84.5. The predicted octanol–water partition coefficient (Wildman–Crippen LogP) is 16.1. The average Bonchev–Trinajstić information content (AvgIpc) is 4.23. The molecule has 0 saturated carbocycles. The molecule has 0 N–H and O–H groups in total.